The number of nitrogens with one attached hydrogen (secondary N) is 1. The van der Waals surface area contributed by atoms with E-state index >= 15 is 0 Å². The van der Waals surface area contributed by atoms with Gasteiger partial charge >= 0.3 is 6.18 Å². The monoisotopic (exact) mass is 259 g/mol. The molecule has 2 rings (SSSR count). The minimum absolute atomic E-state index is 0.126. The molecule has 1 heterocycles. The lowest BCUT2D eigenvalue weighted by Crippen LogP contribution is -2.26. The van der Waals surface area contributed by atoms with Gasteiger partial charge in [0.25, 0.3) is 0 Å². The van der Waals surface area contributed by atoms with Crippen molar-refractivity contribution >= 4 is 0 Å². The second kappa shape index (κ2) is 5.22. The summed E-state index contributed by atoms with van der Waals surface area (Å²) in [4.78, 5) is 7.90. The minimum atomic E-state index is -4.25. The Labute approximate surface area is 104 Å². The fraction of sp³-hybridized carbons (Fsp3) is 0.667. The standard InChI is InChI=1S/C12H16F3N3/c1-2-16-9-4-3-5-10-8(9)7-17-11(18-10)6-12(13,14)15/h7,9,16H,2-6H2,1H3. The van der Waals surface area contributed by atoms with E-state index in [2.05, 4.69) is 15.3 Å². The first-order chi connectivity index (χ1) is 8.49. The van der Waals surface area contributed by atoms with Gasteiger partial charge in [0.15, 0.2) is 0 Å². The zero-order valence-corrected chi connectivity index (χ0v) is 10.2. The largest absolute Gasteiger partial charge is 0.396 e. The smallest absolute Gasteiger partial charge is 0.310 e. The first-order valence-electron chi connectivity index (χ1n) is 6.14. The molecule has 1 aliphatic rings. The highest BCUT2D eigenvalue weighted by Crippen LogP contribution is 2.28. The fourth-order valence-corrected chi connectivity index (χ4v) is 2.31. The summed E-state index contributed by atoms with van der Waals surface area (Å²) in [6.45, 7) is 2.83. The molecule has 0 bridgehead atoms. The van der Waals surface area contributed by atoms with Crippen LogP contribution in [0.2, 0.25) is 0 Å². The Morgan fingerprint density at radius 1 is 1.44 bits per heavy atom. The van der Waals surface area contributed by atoms with E-state index in [1.54, 1.807) is 6.20 Å². The zero-order valence-electron chi connectivity index (χ0n) is 10.2. The van der Waals surface area contributed by atoms with Gasteiger partial charge in [0.05, 0.1) is 0 Å². The van der Waals surface area contributed by atoms with E-state index in [1.807, 2.05) is 6.92 Å². The van der Waals surface area contributed by atoms with E-state index in [9.17, 15) is 13.2 Å². The number of aromatic nitrogens is 2. The molecule has 1 unspecified atom stereocenters. The summed E-state index contributed by atoms with van der Waals surface area (Å²) in [7, 11) is 0. The van der Waals surface area contributed by atoms with Crippen molar-refractivity contribution in [2.24, 2.45) is 0 Å². The Morgan fingerprint density at radius 2 is 2.22 bits per heavy atom. The molecule has 0 fully saturated rings. The predicted octanol–water partition coefficient (Wildman–Crippen LogP) is 2.57. The molecule has 18 heavy (non-hydrogen) atoms. The number of hydrogen-bond donors (Lipinski definition) is 1. The van der Waals surface area contributed by atoms with E-state index < -0.39 is 12.6 Å². The molecule has 6 heteroatoms. The highest BCUT2D eigenvalue weighted by molar-refractivity contribution is 5.24. The summed E-state index contributed by atoms with van der Waals surface area (Å²) in [5.41, 5.74) is 1.72. The molecule has 0 saturated carbocycles. The van der Waals surface area contributed by atoms with E-state index in [0.29, 0.717) is 0 Å². The van der Waals surface area contributed by atoms with Crippen LogP contribution in [0.3, 0.4) is 0 Å². The van der Waals surface area contributed by atoms with Crippen LogP contribution in [-0.2, 0) is 12.8 Å². The third kappa shape index (κ3) is 3.19. The van der Waals surface area contributed by atoms with Crippen molar-refractivity contribution in [3.63, 3.8) is 0 Å². The van der Waals surface area contributed by atoms with Crippen molar-refractivity contribution < 1.29 is 13.2 Å². The van der Waals surface area contributed by atoms with Crippen LogP contribution in [-0.4, -0.2) is 22.7 Å². The lowest BCUT2D eigenvalue weighted by Gasteiger charge is -2.25. The first kappa shape index (κ1) is 13.3. The molecule has 0 saturated heterocycles. The van der Waals surface area contributed by atoms with Crippen molar-refractivity contribution in [2.75, 3.05) is 6.54 Å². The second-order valence-corrected chi connectivity index (χ2v) is 4.48. The molecule has 1 N–H and O–H groups in total. The fourth-order valence-electron chi connectivity index (χ4n) is 2.31. The van der Waals surface area contributed by atoms with Gasteiger partial charge in [0.1, 0.15) is 12.2 Å². The van der Waals surface area contributed by atoms with Gasteiger partial charge in [-0.1, -0.05) is 6.92 Å². The Bertz CT molecular complexity index is 418. The van der Waals surface area contributed by atoms with Gasteiger partial charge < -0.3 is 5.32 Å². The Morgan fingerprint density at radius 3 is 2.89 bits per heavy atom. The number of halogens is 3. The maximum Gasteiger partial charge on any atom is 0.396 e. The van der Waals surface area contributed by atoms with Crippen LogP contribution in [0.25, 0.3) is 0 Å². The van der Waals surface area contributed by atoms with Crippen LogP contribution in [0.5, 0.6) is 0 Å². The van der Waals surface area contributed by atoms with E-state index in [1.165, 1.54) is 0 Å². The molecule has 1 atom stereocenters. The molecule has 1 aromatic heterocycles. The number of fused-ring (bicyclic) bond motifs is 1. The van der Waals surface area contributed by atoms with Crippen molar-refractivity contribution in [3.8, 4) is 0 Å². The summed E-state index contributed by atoms with van der Waals surface area (Å²) >= 11 is 0. The van der Waals surface area contributed by atoms with Gasteiger partial charge in [-0.3, -0.25) is 0 Å². The molecule has 0 aromatic carbocycles. The van der Waals surface area contributed by atoms with Crippen LogP contribution in [0, 0.1) is 0 Å². The quantitative estimate of drug-likeness (QED) is 0.906. The number of aryl methyl sites for hydroxylation is 1. The highest BCUT2D eigenvalue weighted by atomic mass is 19.4. The van der Waals surface area contributed by atoms with Crippen molar-refractivity contribution in [3.05, 3.63) is 23.3 Å². The van der Waals surface area contributed by atoms with Gasteiger partial charge in [-0.25, -0.2) is 9.97 Å². The Kier molecular flexibility index (Phi) is 3.85. The summed E-state index contributed by atoms with van der Waals surface area (Å²) in [6.07, 6.45) is -1.06. The van der Waals surface area contributed by atoms with Crippen molar-refractivity contribution in [1.82, 2.24) is 15.3 Å². The van der Waals surface area contributed by atoms with E-state index in [-0.39, 0.29) is 11.9 Å². The summed E-state index contributed by atoms with van der Waals surface area (Å²) in [5, 5.41) is 3.31. The summed E-state index contributed by atoms with van der Waals surface area (Å²) in [6, 6.07) is 0.179. The van der Waals surface area contributed by atoms with E-state index in [0.717, 1.165) is 37.1 Å². The first-order valence-corrected chi connectivity index (χ1v) is 6.14. The van der Waals surface area contributed by atoms with Crippen LogP contribution >= 0.6 is 0 Å². The summed E-state index contributed by atoms with van der Waals surface area (Å²) < 4.78 is 36.8. The van der Waals surface area contributed by atoms with Crippen LogP contribution in [0.15, 0.2) is 6.20 Å². The van der Waals surface area contributed by atoms with Crippen LogP contribution in [0.4, 0.5) is 13.2 Å². The average Bonchev–Trinajstić information content (AvgIpc) is 2.27. The van der Waals surface area contributed by atoms with Crippen molar-refractivity contribution in [1.29, 1.82) is 0 Å². The number of hydrogen-bond acceptors (Lipinski definition) is 3. The molecule has 0 amide bonds. The SMILES string of the molecule is CCNC1CCCc2nc(CC(F)(F)F)ncc21. The van der Waals surface area contributed by atoms with Crippen LogP contribution < -0.4 is 5.32 Å². The second-order valence-electron chi connectivity index (χ2n) is 4.48. The summed E-state index contributed by atoms with van der Waals surface area (Å²) in [5.74, 6) is -0.126. The third-order valence-corrected chi connectivity index (χ3v) is 3.04. The van der Waals surface area contributed by atoms with E-state index in [4.69, 9.17) is 0 Å². The van der Waals surface area contributed by atoms with Gasteiger partial charge in [0.2, 0.25) is 0 Å². The maximum absolute atomic E-state index is 12.3. The molecule has 0 aliphatic heterocycles. The normalized spacial score (nSPS) is 19.7. The molecule has 3 nitrogen and oxygen atoms in total. The molecule has 100 valence electrons. The van der Waals surface area contributed by atoms with Gasteiger partial charge in [-0.05, 0) is 25.8 Å². The predicted molar refractivity (Wildman–Crippen MR) is 61.1 cm³/mol. The lowest BCUT2D eigenvalue weighted by atomic mass is 9.92. The molecule has 0 spiro atoms. The third-order valence-electron chi connectivity index (χ3n) is 3.04. The number of nitrogens with zero attached hydrogens (tertiary/aromatic N) is 2. The minimum Gasteiger partial charge on any atom is -0.310 e. The zero-order chi connectivity index (χ0) is 13.2. The molecule has 0 radical (unpaired) electrons. The van der Waals surface area contributed by atoms with Gasteiger partial charge in [-0.15, -0.1) is 0 Å². The Balaban J connectivity index is 2.21. The number of rotatable bonds is 3. The van der Waals surface area contributed by atoms with Crippen molar-refractivity contribution in [2.45, 2.75) is 44.8 Å². The molecular formula is C12H16F3N3. The highest BCUT2D eigenvalue weighted by Gasteiger charge is 2.30. The topological polar surface area (TPSA) is 37.8 Å². The molecule has 1 aliphatic carbocycles. The van der Waals surface area contributed by atoms with Gasteiger partial charge in [-0.2, -0.15) is 13.2 Å². The molecule has 1 aromatic rings. The average molecular weight is 259 g/mol. The lowest BCUT2D eigenvalue weighted by molar-refractivity contribution is -0.128. The number of alkyl halides is 3. The van der Waals surface area contributed by atoms with Gasteiger partial charge in [0, 0.05) is 23.5 Å². The van der Waals surface area contributed by atoms with Crippen LogP contribution in [0.1, 0.15) is 42.9 Å². The molecular weight excluding hydrogens is 243 g/mol. The maximum atomic E-state index is 12.3. The Hall–Kier alpha value is -1.17.